The van der Waals surface area contributed by atoms with Gasteiger partial charge in [-0.2, -0.15) is 0 Å². The molecule has 5 rings (SSSR count). The van der Waals surface area contributed by atoms with Crippen molar-refractivity contribution in [3.05, 3.63) is 59.1 Å². The molecule has 2 aromatic carbocycles. The summed E-state index contributed by atoms with van der Waals surface area (Å²) in [5.74, 6) is -0.0692. The van der Waals surface area contributed by atoms with Gasteiger partial charge < -0.3 is 14.8 Å². The Morgan fingerprint density at radius 1 is 1.28 bits per heavy atom. The van der Waals surface area contributed by atoms with Crippen molar-refractivity contribution < 1.29 is 14.3 Å². The number of nitrogens with zero attached hydrogens (tertiary/aromatic N) is 2. The Morgan fingerprint density at radius 2 is 2.16 bits per heavy atom. The Bertz CT molecular complexity index is 1080. The Balaban J connectivity index is 1.22. The molecule has 1 spiro atoms. The first-order valence-electron chi connectivity index (χ1n) is 11.0. The summed E-state index contributed by atoms with van der Waals surface area (Å²) in [6, 6.07) is 15.7. The van der Waals surface area contributed by atoms with E-state index in [2.05, 4.69) is 27.3 Å². The van der Waals surface area contributed by atoms with E-state index in [4.69, 9.17) is 21.1 Å². The van der Waals surface area contributed by atoms with Crippen LogP contribution in [0.1, 0.15) is 24.8 Å². The van der Waals surface area contributed by atoms with Crippen molar-refractivity contribution in [3.63, 3.8) is 0 Å². The first-order valence-corrected chi connectivity index (χ1v) is 12.2. The number of nitrogens with one attached hydrogen (secondary N) is 1. The lowest BCUT2D eigenvalue weighted by atomic mass is 9.85. The molecular weight excluding hydrogens is 446 g/mol. The molecular formula is C24H26ClN3O3S. The smallest absolute Gasteiger partial charge is 0.240 e. The minimum absolute atomic E-state index is 0.0589. The van der Waals surface area contributed by atoms with Crippen molar-refractivity contribution in [2.75, 3.05) is 31.6 Å². The number of benzene rings is 2. The van der Waals surface area contributed by atoms with E-state index in [1.54, 1.807) is 6.07 Å². The van der Waals surface area contributed by atoms with Gasteiger partial charge in [-0.1, -0.05) is 53.3 Å². The molecule has 2 saturated heterocycles. The Kier molecular flexibility index (Phi) is 6.44. The van der Waals surface area contributed by atoms with Crippen LogP contribution in [-0.4, -0.2) is 53.7 Å². The highest BCUT2D eigenvalue weighted by Gasteiger charge is 2.47. The van der Waals surface area contributed by atoms with E-state index in [0.717, 1.165) is 48.2 Å². The zero-order valence-corrected chi connectivity index (χ0v) is 19.3. The van der Waals surface area contributed by atoms with Crippen molar-refractivity contribution in [1.29, 1.82) is 0 Å². The van der Waals surface area contributed by atoms with Gasteiger partial charge in [-0.3, -0.25) is 9.69 Å². The molecule has 2 unspecified atom stereocenters. The van der Waals surface area contributed by atoms with Gasteiger partial charge in [-0.25, -0.2) is 4.98 Å². The summed E-state index contributed by atoms with van der Waals surface area (Å²) in [5.41, 5.74) is 1.75. The van der Waals surface area contributed by atoms with Crippen LogP contribution in [0.5, 0.6) is 0 Å². The SMILES string of the molecule is O=C(CN1CCC2(CCCO2)C(OCc2ccccc2)C1)Nc1nc2ccc(Cl)cc2s1. The molecule has 168 valence electrons. The number of likely N-dealkylation sites (tertiary alicyclic amines) is 1. The highest BCUT2D eigenvalue weighted by molar-refractivity contribution is 7.22. The zero-order chi connectivity index (χ0) is 22.0. The second-order valence-electron chi connectivity index (χ2n) is 8.47. The minimum Gasteiger partial charge on any atom is -0.372 e. The third kappa shape index (κ3) is 4.82. The number of halogens is 1. The fourth-order valence-corrected chi connectivity index (χ4v) is 5.76. The molecule has 2 aliphatic heterocycles. The number of aromatic nitrogens is 1. The van der Waals surface area contributed by atoms with Crippen molar-refractivity contribution >= 4 is 44.2 Å². The van der Waals surface area contributed by atoms with Crippen LogP contribution in [0.3, 0.4) is 0 Å². The zero-order valence-electron chi connectivity index (χ0n) is 17.8. The van der Waals surface area contributed by atoms with Gasteiger partial charge in [0.1, 0.15) is 0 Å². The molecule has 32 heavy (non-hydrogen) atoms. The number of amides is 1. The van der Waals surface area contributed by atoms with Crippen LogP contribution in [0.2, 0.25) is 5.02 Å². The molecule has 6 nitrogen and oxygen atoms in total. The molecule has 3 heterocycles. The quantitative estimate of drug-likeness (QED) is 0.563. The lowest BCUT2D eigenvalue weighted by Gasteiger charge is -2.44. The average Bonchev–Trinajstić information content (AvgIpc) is 3.41. The molecule has 0 saturated carbocycles. The first kappa shape index (κ1) is 21.8. The summed E-state index contributed by atoms with van der Waals surface area (Å²) in [6.45, 7) is 3.12. The number of hydrogen-bond acceptors (Lipinski definition) is 6. The molecule has 0 bridgehead atoms. The summed E-state index contributed by atoms with van der Waals surface area (Å²) in [5, 5.41) is 4.20. The lowest BCUT2D eigenvalue weighted by molar-refractivity contribution is -0.159. The van der Waals surface area contributed by atoms with E-state index in [0.29, 0.717) is 29.9 Å². The van der Waals surface area contributed by atoms with E-state index < -0.39 is 0 Å². The maximum Gasteiger partial charge on any atom is 0.240 e. The van der Waals surface area contributed by atoms with Crippen molar-refractivity contribution in [1.82, 2.24) is 9.88 Å². The van der Waals surface area contributed by atoms with Gasteiger partial charge in [-0.05, 0) is 43.0 Å². The molecule has 1 aromatic heterocycles. The Hall–Kier alpha value is -2.03. The van der Waals surface area contributed by atoms with Crippen LogP contribution in [0.25, 0.3) is 10.2 Å². The fourth-order valence-electron chi connectivity index (χ4n) is 4.60. The number of fused-ring (bicyclic) bond motifs is 1. The van der Waals surface area contributed by atoms with Gasteiger partial charge in [0.15, 0.2) is 5.13 Å². The first-order chi connectivity index (χ1) is 15.6. The molecule has 2 aliphatic rings. The van der Waals surface area contributed by atoms with Crippen molar-refractivity contribution in [3.8, 4) is 0 Å². The second-order valence-corrected chi connectivity index (χ2v) is 9.93. The van der Waals surface area contributed by atoms with E-state index in [-0.39, 0.29) is 17.6 Å². The molecule has 3 aromatic rings. The third-order valence-electron chi connectivity index (χ3n) is 6.25. The maximum atomic E-state index is 12.7. The Labute approximate surface area is 196 Å². The highest BCUT2D eigenvalue weighted by Crippen LogP contribution is 2.38. The predicted octanol–water partition coefficient (Wildman–Crippen LogP) is 4.73. The number of anilines is 1. The highest BCUT2D eigenvalue weighted by atomic mass is 35.5. The monoisotopic (exact) mass is 471 g/mol. The van der Waals surface area contributed by atoms with Crippen LogP contribution in [0, 0.1) is 0 Å². The predicted molar refractivity (Wildman–Crippen MR) is 127 cm³/mol. The summed E-state index contributed by atoms with van der Waals surface area (Å²) >= 11 is 7.49. The van der Waals surface area contributed by atoms with E-state index in [1.807, 2.05) is 30.3 Å². The van der Waals surface area contributed by atoms with Gasteiger partial charge in [0, 0.05) is 24.7 Å². The molecule has 0 radical (unpaired) electrons. The molecule has 2 atom stereocenters. The molecule has 2 fully saturated rings. The molecule has 0 aliphatic carbocycles. The van der Waals surface area contributed by atoms with Crippen LogP contribution in [0.4, 0.5) is 5.13 Å². The number of hydrogen-bond donors (Lipinski definition) is 1. The van der Waals surface area contributed by atoms with Crippen molar-refractivity contribution in [2.45, 2.75) is 37.6 Å². The van der Waals surface area contributed by atoms with Crippen LogP contribution in [0.15, 0.2) is 48.5 Å². The fraction of sp³-hybridized carbons (Fsp3) is 0.417. The number of rotatable bonds is 6. The number of ether oxygens (including phenoxy) is 2. The normalized spacial score (nSPS) is 23.7. The van der Waals surface area contributed by atoms with E-state index >= 15 is 0 Å². The molecule has 8 heteroatoms. The Morgan fingerprint density at radius 3 is 2.97 bits per heavy atom. The van der Waals surface area contributed by atoms with E-state index in [9.17, 15) is 4.79 Å². The van der Waals surface area contributed by atoms with Gasteiger partial charge in [0.25, 0.3) is 0 Å². The number of piperidine rings is 1. The minimum atomic E-state index is -0.228. The lowest BCUT2D eigenvalue weighted by Crippen LogP contribution is -2.57. The molecule has 1 N–H and O–H groups in total. The summed E-state index contributed by atoms with van der Waals surface area (Å²) in [6.07, 6.45) is 2.89. The summed E-state index contributed by atoms with van der Waals surface area (Å²) < 4.78 is 13.5. The summed E-state index contributed by atoms with van der Waals surface area (Å²) in [7, 11) is 0. The standard InChI is InChI=1S/C24H26ClN3O3S/c25-18-7-8-19-20(13-18)32-23(26-19)27-22(29)15-28-11-10-24(9-4-12-31-24)21(14-28)30-16-17-5-2-1-3-6-17/h1-3,5-8,13,21H,4,9-12,14-16H2,(H,26,27,29). The second kappa shape index (κ2) is 9.45. The van der Waals surface area contributed by atoms with Crippen LogP contribution >= 0.6 is 22.9 Å². The number of carbonyl (C=O) groups excluding carboxylic acids is 1. The number of carbonyl (C=O) groups is 1. The van der Waals surface area contributed by atoms with Gasteiger partial charge >= 0.3 is 0 Å². The van der Waals surface area contributed by atoms with Crippen LogP contribution in [-0.2, 0) is 20.9 Å². The summed E-state index contributed by atoms with van der Waals surface area (Å²) in [4.78, 5) is 19.4. The van der Waals surface area contributed by atoms with Crippen molar-refractivity contribution in [2.24, 2.45) is 0 Å². The third-order valence-corrected chi connectivity index (χ3v) is 7.42. The van der Waals surface area contributed by atoms with Crippen LogP contribution < -0.4 is 5.32 Å². The van der Waals surface area contributed by atoms with Gasteiger partial charge in [-0.15, -0.1) is 0 Å². The van der Waals surface area contributed by atoms with Gasteiger partial charge in [0.05, 0.1) is 35.1 Å². The largest absolute Gasteiger partial charge is 0.372 e. The number of thiazole rings is 1. The average molecular weight is 472 g/mol. The van der Waals surface area contributed by atoms with E-state index in [1.165, 1.54) is 11.3 Å². The topological polar surface area (TPSA) is 63.7 Å². The maximum absolute atomic E-state index is 12.7. The van der Waals surface area contributed by atoms with Gasteiger partial charge in [0.2, 0.25) is 5.91 Å². The molecule has 1 amide bonds.